The van der Waals surface area contributed by atoms with Crippen molar-refractivity contribution in [1.82, 2.24) is 30.1 Å². The molecule has 198 valence electrons. The van der Waals surface area contributed by atoms with Gasteiger partial charge in [-0.1, -0.05) is 19.1 Å². The van der Waals surface area contributed by atoms with Crippen molar-refractivity contribution in [2.75, 3.05) is 18.4 Å². The molecule has 0 spiro atoms. The van der Waals surface area contributed by atoms with Crippen LogP contribution in [0.25, 0.3) is 16.9 Å². The molecule has 39 heavy (non-hydrogen) atoms. The second-order valence-electron chi connectivity index (χ2n) is 9.39. The maximum Gasteiger partial charge on any atom is 0.387 e. The predicted molar refractivity (Wildman–Crippen MR) is 138 cm³/mol. The second-order valence-corrected chi connectivity index (χ2v) is 9.39. The average molecular weight is 532 g/mol. The number of anilines is 1. The normalized spacial score (nSPS) is 14.3. The predicted octanol–water partition coefficient (Wildman–Crippen LogP) is 4.63. The van der Waals surface area contributed by atoms with Crippen LogP contribution in [0.2, 0.25) is 0 Å². The van der Waals surface area contributed by atoms with E-state index in [0.717, 1.165) is 18.7 Å². The third kappa shape index (κ3) is 4.77. The minimum Gasteiger partial charge on any atom is -0.457 e. The fourth-order valence-electron chi connectivity index (χ4n) is 4.51. The van der Waals surface area contributed by atoms with E-state index >= 15 is 0 Å². The van der Waals surface area contributed by atoms with E-state index in [1.807, 2.05) is 18.2 Å². The highest BCUT2D eigenvalue weighted by Gasteiger charge is 2.33. The maximum atomic E-state index is 13.3. The van der Waals surface area contributed by atoms with Crippen LogP contribution in [-0.2, 0) is 5.41 Å². The molecule has 1 aliphatic heterocycles. The summed E-state index contributed by atoms with van der Waals surface area (Å²) in [5.41, 5.74) is 2.50. The van der Waals surface area contributed by atoms with E-state index in [2.05, 4.69) is 43.9 Å². The van der Waals surface area contributed by atoms with Gasteiger partial charge in [0, 0.05) is 36.5 Å². The van der Waals surface area contributed by atoms with Gasteiger partial charge < -0.3 is 20.1 Å². The SMILES string of the molecule is CC1(c2cccc(Oc3ccc(OC(F)F)c(-c4[nH]ncc4NC(=O)c4cnn5cccnc45)c3)c2)CNC1. The van der Waals surface area contributed by atoms with E-state index < -0.39 is 12.5 Å². The second kappa shape index (κ2) is 9.80. The van der Waals surface area contributed by atoms with Crippen molar-refractivity contribution in [2.24, 2.45) is 0 Å². The molecule has 0 bridgehead atoms. The topological polar surface area (TPSA) is 118 Å². The van der Waals surface area contributed by atoms with Crippen molar-refractivity contribution >= 4 is 17.2 Å². The monoisotopic (exact) mass is 531 g/mol. The van der Waals surface area contributed by atoms with Crippen LogP contribution in [0, 0.1) is 0 Å². The van der Waals surface area contributed by atoms with E-state index in [9.17, 15) is 13.6 Å². The fraction of sp³-hybridized carbons (Fsp3) is 0.185. The van der Waals surface area contributed by atoms with Gasteiger partial charge in [-0.15, -0.1) is 0 Å². The number of alkyl halides is 2. The van der Waals surface area contributed by atoms with Gasteiger partial charge in [-0.2, -0.15) is 19.0 Å². The Morgan fingerprint density at radius 3 is 2.77 bits per heavy atom. The third-order valence-corrected chi connectivity index (χ3v) is 6.64. The largest absolute Gasteiger partial charge is 0.457 e. The number of amides is 1. The lowest BCUT2D eigenvalue weighted by atomic mass is 9.77. The van der Waals surface area contributed by atoms with E-state index in [0.29, 0.717) is 17.1 Å². The molecule has 0 unspecified atom stereocenters. The van der Waals surface area contributed by atoms with Gasteiger partial charge in [-0.3, -0.25) is 9.89 Å². The van der Waals surface area contributed by atoms with Crippen molar-refractivity contribution in [3.63, 3.8) is 0 Å². The van der Waals surface area contributed by atoms with Gasteiger partial charge in [0.25, 0.3) is 5.91 Å². The Balaban J connectivity index is 1.31. The minimum atomic E-state index is -3.06. The number of carbonyl (C=O) groups excluding carboxylic acids is 1. The van der Waals surface area contributed by atoms with Crippen molar-refractivity contribution < 1.29 is 23.0 Å². The first-order valence-corrected chi connectivity index (χ1v) is 12.1. The lowest BCUT2D eigenvalue weighted by Gasteiger charge is -2.40. The van der Waals surface area contributed by atoms with E-state index in [1.54, 1.807) is 30.6 Å². The molecule has 1 aliphatic rings. The van der Waals surface area contributed by atoms with Gasteiger partial charge in [0.15, 0.2) is 5.65 Å². The lowest BCUT2D eigenvalue weighted by molar-refractivity contribution is -0.0494. The highest BCUT2D eigenvalue weighted by Crippen LogP contribution is 2.39. The molecular weight excluding hydrogens is 508 g/mol. The summed E-state index contributed by atoms with van der Waals surface area (Å²) in [6.07, 6.45) is 5.99. The Labute approximate surface area is 221 Å². The number of H-pyrrole nitrogens is 1. The summed E-state index contributed by atoms with van der Waals surface area (Å²) in [5, 5.41) is 17.0. The molecular formula is C27H23F2N7O3. The third-order valence-electron chi connectivity index (χ3n) is 6.64. The molecule has 6 rings (SSSR count). The molecule has 10 nitrogen and oxygen atoms in total. The van der Waals surface area contributed by atoms with Crippen LogP contribution < -0.4 is 20.1 Å². The summed E-state index contributed by atoms with van der Waals surface area (Å²) in [6.45, 7) is 0.864. The van der Waals surface area contributed by atoms with Gasteiger partial charge in [0.2, 0.25) is 0 Å². The first-order valence-electron chi connectivity index (χ1n) is 12.1. The zero-order chi connectivity index (χ0) is 27.0. The maximum absolute atomic E-state index is 13.3. The number of halogens is 2. The summed E-state index contributed by atoms with van der Waals surface area (Å²) in [4.78, 5) is 17.3. The number of benzene rings is 2. The van der Waals surface area contributed by atoms with Crippen molar-refractivity contribution in [3.05, 3.63) is 84.4 Å². The number of ether oxygens (including phenoxy) is 2. The molecule has 0 saturated carbocycles. The van der Waals surface area contributed by atoms with Crippen molar-refractivity contribution in [1.29, 1.82) is 0 Å². The molecule has 3 N–H and O–H groups in total. The molecule has 12 heteroatoms. The van der Waals surface area contributed by atoms with E-state index in [1.165, 1.54) is 23.0 Å². The molecule has 1 fully saturated rings. The Morgan fingerprint density at radius 1 is 1.13 bits per heavy atom. The fourth-order valence-corrected chi connectivity index (χ4v) is 4.51. The molecule has 1 amide bonds. The summed E-state index contributed by atoms with van der Waals surface area (Å²) < 4.78 is 38.9. The van der Waals surface area contributed by atoms with Gasteiger partial charge in [0.1, 0.15) is 22.8 Å². The van der Waals surface area contributed by atoms with Gasteiger partial charge >= 0.3 is 6.61 Å². The smallest absolute Gasteiger partial charge is 0.387 e. The highest BCUT2D eigenvalue weighted by atomic mass is 19.3. The highest BCUT2D eigenvalue weighted by molar-refractivity contribution is 6.09. The van der Waals surface area contributed by atoms with Gasteiger partial charge in [-0.25, -0.2) is 9.50 Å². The number of aromatic nitrogens is 5. The Bertz CT molecular complexity index is 1660. The average Bonchev–Trinajstić information content (AvgIpc) is 3.55. The van der Waals surface area contributed by atoms with Crippen LogP contribution in [0.3, 0.4) is 0 Å². The number of hydrogen-bond donors (Lipinski definition) is 3. The lowest BCUT2D eigenvalue weighted by Crippen LogP contribution is -2.54. The molecule has 0 aliphatic carbocycles. The molecule has 3 aromatic heterocycles. The van der Waals surface area contributed by atoms with Gasteiger partial charge in [-0.05, 0) is 42.0 Å². The zero-order valence-electron chi connectivity index (χ0n) is 20.7. The van der Waals surface area contributed by atoms with Crippen LogP contribution in [0.1, 0.15) is 22.8 Å². The van der Waals surface area contributed by atoms with Crippen molar-refractivity contribution in [2.45, 2.75) is 19.0 Å². The number of fused-ring (bicyclic) bond motifs is 1. The Hall–Kier alpha value is -4.84. The van der Waals surface area contributed by atoms with Crippen LogP contribution >= 0.6 is 0 Å². The molecule has 0 radical (unpaired) electrons. The number of hydrogen-bond acceptors (Lipinski definition) is 7. The molecule has 2 aromatic carbocycles. The number of nitrogens with zero attached hydrogens (tertiary/aromatic N) is 4. The zero-order valence-corrected chi connectivity index (χ0v) is 20.7. The van der Waals surface area contributed by atoms with Crippen molar-refractivity contribution in [3.8, 4) is 28.5 Å². The van der Waals surface area contributed by atoms with Crippen LogP contribution in [0.5, 0.6) is 17.2 Å². The summed E-state index contributed by atoms with van der Waals surface area (Å²) >= 11 is 0. The number of carbonyl (C=O) groups is 1. The molecule has 4 heterocycles. The quantitative estimate of drug-likeness (QED) is 0.267. The first-order chi connectivity index (χ1) is 18.9. The first kappa shape index (κ1) is 24.5. The summed E-state index contributed by atoms with van der Waals surface area (Å²) in [6, 6.07) is 13.9. The Kier molecular flexibility index (Phi) is 6.15. The van der Waals surface area contributed by atoms with Crippen LogP contribution in [-0.4, -0.2) is 50.4 Å². The van der Waals surface area contributed by atoms with E-state index in [-0.39, 0.29) is 33.7 Å². The number of nitrogens with one attached hydrogen (secondary N) is 3. The van der Waals surface area contributed by atoms with Crippen LogP contribution in [0.4, 0.5) is 14.5 Å². The van der Waals surface area contributed by atoms with Gasteiger partial charge in [0.05, 0.1) is 23.8 Å². The molecule has 1 saturated heterocycles. The number of rotatable bonds is 8. The number of aromatic amines is 1. The minimum absolute atomic E-state index is 0.0269. The van der Waals surface area contributed by atoms with E-state index in [4.69, 9.17) is 9.47 Å². The summed E-state index contributed by atoms with van der Waals surface area (Å²) in [7, 11) is 0. The Morgan fingerprint density at radius 2 is 1.97 bits per heavy atom. The molecule has 5 aromatic rings. The van der Waals surface area contributed by atoms with Crippen LogP contribution in [0.15, 0.2) is 73.3 Å². The molecule has 0 atom stereocenters. The summed E-state index contributed by atoms with van der Waals surface area (Å²) in [5.74, 6) is 0.384. The standard InChI is InChI=1S/C27H23F2N7O3/c1-27(14-30-15-27)16-4-2-5-17(10-16)38-18-6-7-22(39-26(28)29)19(11-18)23-21(13-32-35-23)34-25(37)20-12-33-36-9-3-8-31-24(20)36/h2-13,26,30H,14-15H2,1H3,(H,32,35)(H,34,37).